The molecule has 0 bridgehead atoms. The summed E-state index contributed by atoms with van der Waals surface area (Å²) in [6, 6.07) is 0. The van der Waals surface area contributed by atoms with Gasteiger partial charge in [-0.3, -0.25) is 4.79 Å². The Morgan fingerprint density at radius 3 is 2.78 bits per heavy atom. The zero-order valence-electron chi connectivity index (χ0n) is 14.7. The fourth-order valence-corrected chi connectivity index (χ4v) is 5.83. The lowest BCUT2D eigenvalue weighted by molar-refractivity contribution is -0.169. The molecule has 2 aliphatic carbocycles. The molecule has 0 saturated heterocycles. The van der Waals surface area contributed by atoms with E-state index in [4.69, 9.17) is 4.74 Å². The maximum Gasteiger partial charge on any atom is 0.159 e. The van der Waals surface area contributed by atoms with Gasteiger partial charge >= 0.3 is 0 Å². The van der Waals surface area contributed by atoms with E-state index in [1.165, 1.54) is 31.3 Å². The molecule has 1 aliphatic heterocycles. The normalized spacial score (nSPS) is 43.5. The van der Waals surface area contributed by atoms with E-state index >= 15 is 0 Å². The number of aldehydes is 1. The quantitative estimate of drug-likeness (QED) is 0.618. The molecular formula is C20H30O3. The fraction of sp³-hybridized carbons (Fsp3) is 0.750. The molecule has 1 heterocycles. The van der Waals surface area contributed by atoms with Gasteiger partial charge < -0.3 is 9.84 Å². The lowest BCUT2D eigenvalue weighted by atomic mass is 9.47. The average molecular weight is 318 g/mol. The number of hydrogen-bond donors (Lipinski definition) is 1. The summed E-state index contributed by atoms with van der Waals surface area (Å²) in [5.41, 5.74) is 2.34. The first-order valence-electron chi connectivity index (χ1n) is 8.95. The van der Waals surface area contributed by atoms with Gasteiger partial charge in [-0.15, -0.1) is 0 Å². The zero-order chi connectivity index (χ0) is 16.8. The second-order valence-electron chi connectivity index (χ2n) is 8.69. The van der Waals surface area contributed by atoms with Crippen LogP contribution < -0.4 is 0 Å². The number of carbonyl (C=O) groups is 1. The number of aliphatic hydroxyl groups excluding tert-OH is 1. The lowest BCUT2D eigenvalue weighted by Crippen LogP contribution is -2.53. The van der Waals surface area contributed by atoms with Gasteiger partial charge in [-0.2, -0.15) is 0 Å². The van der Waals surface area contributed by atoms with Crippen LogP contribution in [0.4, 0.5) is 0 Å². The summed E-state index contributed by atoms with van der Waals surface area (Å²) in [4.78, 5) is 11.2. The second kappa shape index (κ2) is 5.86. The summed E-state index contributed by atoms with van der Waals surface area (Å²) >= 11 is 0. The Morgan fingerprint density at radius 1 is 1.35 bits per heavy atom. The zero-order valence-corrected chi connectivity index (χ0v) is 14.7. The third-order valence-electron chi connectivity index (χ3n) is 6.76. The summed E-state index contributed by atoms with van der Waals surface area (Å²) in [6.07, 6.45) is 7.87. The Balaban J connectivity index is 1.99. The molecule has 1 N–H and O–H groups in total. The summed E-state index contributed by atoms with van der Waals surface area (Å²) in [6.45, 7) is 11.5. The van der Waals surface area contributed by atoms with Gasteiger partial charge in [-0.05, 0) is 54.1 Å². The molecule has 3 rings (SSSR count). The highest BCUT2D eigenvalue weighted by atomic mass is 16.6. The number of ether oxygens (including phenoxy) is 1. The summed E-state index contributed by atoms with van der Waals surface area (Å²) in [5, 5.41) is 10.0. The van der Waals surface area contributed by atoms with E-state index in [9.17, 15) is 9.90 Å². The SMILES string of the molecule is C=C1CC[C@H]2C(C)(C)CCC[C@]2(C)[C@@H]1[C@H]1C=C(C=O)C[C@@H](O)O1. The topological polar surface area (TPSA) is 46.5 Å². The third-order valence-corrected chi connectivity index (χ3v) is 6.76. The van der Waals surface area contributed by atoms with Gasteiger partial charge in [0, 0.05) is 12.3 Å². The molecule has 3 aliphatic rings. The van der Waals surface area contributed by atoms with Crippen molar-refractivity contribution in [3.05, 3.63) is 23.8 Å². The van der Waals surface area contributed by atoms with Crippen LogP contribution in [0.3, 0.4) is 0 Å². The van der Waals surface area contributed by atoms with Crippen LogP contribution in [0.1, 0.15) is 59.3 Å². The Labute approximate surface area is 139 Å². The van der Waals surface area contributed by atoms with E-state index in [0.29, 0.717) is 23.3 Å². The summed E-state index contributed by atoms with van der Waals surface area (Å²) < 4.78 is 5.87. The molecule has 3 heteroatoms. The number of aliphatic hydroxyl groups is 1. The van der Waals surface area contributed by atoms with Gasteiger partial charge in [0.15, 0.2) is 6.29 Å². The van der Waals surface area contributed by atoms with Gasteiger partial charge in [0.2, 0.25) is 0 Å². The highest BCUT2D eigenvalue weighted by Crippen LogP contribution is 2.62. The van der Waals surface area contributed by atoms with Crippen molar-refractivity contribution < 1.29 is 14.6 Å². The van der Waals surface area contributed by atoms with Crippen molar-refractivity contribution in [1.29, 1.82) is 0 Å². The first-order valence-corrected chi connectivity index (χ1v) is 8.95. The minimum Gasteiger partial charge on any atom is -0.368 e. The third kappa shape index (κ3) is 2.83. The largest absolute Gasteiger partial charge is 0.368 e. The number of carbonyl (C=O) groups excluding carboxylic acids is 1. The molecule has 23 heavy (non-hydrogen) atoms. The molecule has 0 amide bonds. The summed E-state index contributed by atoms with van der Waals surface area (Å²) in [7, 11) is 0. The second-order valence-corrected chi connectivity index (χ2v) is 8.69. The molecule has 128 valence electrons. The minimum absolute atomic E-state index is 0.128. The van der Waals surface area contributed by atoms with Crippen LogP contribution in [0.15, 0.2) is 23.8 Å². The standard InChI is InChI=1S/C20H30O3/c1-13-6-7-16-19(2,3)8-5-9-20(16,4)18(13)15-10-14(12-21)11-17(22)23-15/h10,12,15-18,22H,1,5-9,11H2,2-4H3/t15-,16+,17+,18+,20+/m1/s1. The van der Waals surface area contributed by atoms with Crippen molar-refractivity contribution >= 4 is 6.29 Å². The van der Waals surface area contributed by atoms with E-state index in [1.807, 2.05) is 6.08 Å². The van der Waals surface area contributed by atoms with Gasteiger partial charge in [0.05, 0.1) is 6.10 Å². The first-order chi connectivity index (χ1) is 10.8. The van der Waals surface area contributed by atoms with E-state index in [1.54, 1.807) is 0 Å². The highest BCUT2D eigenvalue weighted by molar-refractivity contribution is 5.73. The van der Waals surface area contributed by atoms with Gasteiger partial charge in [0.1, 0.15) is 6.29 Å². The Bertz CT molecular complexity index is 533. The van der Waals surface area contributed by atoms with Crippen LogP contribution in [0, 0.1) is 22.7 Å². The van der Waals surface area contributed by atoms with Crippen molar-refractivity contribution in [2.75, 3.05) is 0 Å². The van der Waals surface area contributed by atoms with E-state index in [0.717, 1.165) is 12.7 Å². The molecule has 0 unspecified atom stereocenters. The lowest BCUT2D eigenvalue weighted by Gasteiger charge is -2.59. The average Bonchev–Trinajstić information content (AvgIpc) is 2.45. The van der Waals surface area contributed by atoms with Crippen molar-refractivity contribution in [2.24, 2.45) is 22.7 Å². The molecule has 0 aromatic rings. The molecule has 0 aromatic heterocycles. The number of fused-ring (bicyclic) bond motifs is 1. The van der Waals surface area contributed by atoms with Crippen molar-refractivity contribution in [3.8, 4) is 0 Å². The smallest absolute Gasteiger partial charge is 0.159 e. The molecule has 5 atom stereocenters. The van der Waals surface area contributed by atoms with Crippen LogP contribution in [0.5, 0.6) is 0 Å². The van der Waals surface area contributed by atoms with Gasteiger partial charge in [-0.25, -0.2) is 0 Å². The maximum absolute atomic E-state index is 11.2. The minimum atomic E-state index is -0.876. The Morgan fingerprint density at radius 2 is 2.09 bits per heavy atom. The van der Waals surface area contributed by atoms with Crippen molar-refractivity contribution in [3.63, 3.8) is 0 Å². The Kier molecular flexibility index (Phi) is 4.31. The van der Waals surface area contributed by atoms with Crippen LogP contribution >= 0.6 is 0 Å². The number of rotatable bonds is 2. The monoisotopic (exact) mass is 318 g/mol. The number of hydrogen-bond acceptors (Lipinski definition) is 3. The van der Waals surface area contributed by atoms with Gasteiger partial charge in [0.25, 0.3) is 0 Å². The molecular weight excluding hydrogens is 288 g/mol. The Hall–Kier alpha value is -0.930. The predicted octanol–water partition coefficient (Wildman–Crippen LogP) is 4.02. The van der Waals surface area contributed by atoms with Crippen LogP contribution in [-0.2, 0) is 9.53 Å². The van der Waals surface area contributed by atoms with E-state index in [2.05, 4.69) is 27.4 Å². The van der Waals surface area contributed by atoms with Crippen LogP contribution in [0.2, 0.25) is 0 Å². The van der Waals surface area contributed by atoms with Crippen LogP contribution in [-0.4, -0.2) is 23.8 Å². The molecule has 2 saturated carbocycles. The van der Waals surface area contributed by atoms with E-state index < -0.39 is 6.29 Å². The van der Waals surface area contributed by atoms with Gasteiger partial charge in [-0.1, -0.05) is 39.3 Å². The first kappa shape index (κ1) is 16.9. The van der Waals surface area contributed by atoms with Crippen molar-refractivity contribution in [1.82, 2.24) is 0 Å². The van der Waals surface area contributed by atoms with E-state index in [-0.39, 0.29) is 17.4 Å². The fourth-order valence-electron chi connectivity index (χ4n) is 5.83. The molecule has 0 aromatic carbocycles. The molecule has 2 fully saturated rings. The van der Waals surface area contributed by atoms with Crippen molar-refractivity contribution in [2.45, 2.75) is 71.7 Å². The molecule has 0 radical (unpaired) electrons. The molecule has 3 nitrogen and oxygen atoms in total. The summed E-state index contributed by atoms with van der Waals surface area (Å²) in [5.74, 6) is 0.820. The predicted molar refractivity (Wildman–Crippen MR) is 90.7 cm³/mol. The highest BCUT2D eigenvalue weighted by Gasteiger charge is 2.55. The maximum atomic E-state index is 11.2. The molecule has 0 spiro atoms. The van der Waals surface area contributed by atoms with Crippen LogP contribution in [0.25, 0.3) is 0 Å².